The summed E-state index contributed by atoms with van der Waals surface area (Å²) in [6.45, 7) is 8.67. The van der Waals surface area contributed by atoms with Crippen molar-refractivity contribution in [2.45, 2.75) is 72.3 Å². The summed E-state index contributed by atoms with van der Waals surface area (Å²) in [6.07, 6.45) is 14.1. The first kappa shape index (κ1) is 16.5. The molecular formula is C18H32O. The molecule has 1 aliphatic rings. The van der Waals surface area contributed by atoms with E-state index < -0.39 is 0 Å². The Bertz CT molecular complexity index is 301. The van der Waals surface area contributed by atoms with Crippen molar-refractivity contribution in [2.75, 3.05) is 0 Å². The molecule has 1 aliphatic carbocycles. The van der Waals surface area contributed by atoms with Gasteiger partial charge in [-0.3, -0.25) is 0 Å². The van der Waals surface area contributed by atoms with Crippen LogP contribution in [0.4, 0.5) is 0 Å². The molecule has 0 saturated carbocycles. The lowest BCUT2D eigenvalue weighted by Gasteiger charge is -2.25. The SMILES string of the molecule is CC[C@H](C/C=C\CCC1CC=C(C)[C@H](C)C1)C(C)O. The van der Waals surface area contributed by atoms with Gasteiger partial charge in [-0.25, -0.2) is 0 Å². The molecule has 1 nitrogen and oxygen atoms in total. The van der Waals surface area contributed by atoms with E-state index in [-0.39, 0.29) is 6.10 Å². The van der Waals surface area contributed by atoms with Crippen LogP contribution in [0.1, 0.15) is 66.2 Å². The summed E-state index contributed by atoms with van der Waals surface area (Å²) in [5.41, 5.74) is 1.58. The summed E-state index contributed by atoms with van der Waals surface area (Å²) < 4.78 is 0. The molecule has 1 N–H and O–H groups in total. The Hall–Kier alpha value is -0.560. The zero-order chi connectivity index (χ0) is 14.3. The van der Waals surface area contributed by atoms with Crippen molar-refractivity contribution in [3.63, 3.8) is 0 Å². The standard InChI is InChI=1S/C18H32O/c1-5-18(16(4)19)10-8-6-7-9-17-12-11-14(2)15(3)13-17/h6,8,11,15-19H,5,7,9-10,12-13H2,1-4H3/b8-6-/t15-,16?,17?,18-/m1/s1. The van der Waals surface area contributed by atoms with Crippen LogP contribution < -0.4 is 0 Å². The van der Waals surface area contributed by atoms with Crippen molar-refractivity contribution >= 4 is 0 Å². The zero-order valence-electron chi connectivity index (χ0n) is 13.2. The van der Waals surface area contributed by atoms with Crippen LogP contribution in [0.5, 0.6) is 0 Å². The van der Waals surface area contributed by atoms with E-state index in [0.29, 0.717) is 5.92 Å². The second-order valence-corrected chi connectivity index (χ2v) is 6.38. The van der Waals surface area contributed by atoms with Crippen molar-refractivity contribution < 1.29 is 5.11 Å². The van der Waals surface area contributed by atoms with Gasteiger partial charge in [0, 0.05) is 0 Å². The van der Waals surface area contributed by atoms with E-state index in [4.69, 9.17) is 0 Å². The fourth-order valence-electron chi connectivity index (χ4n) is 3.00. The quantitative estimate of drug-likeness (QED) is 0.633. The fourth-order valence-corrected chi connectivity index (χ4v) is 3.00. The van der Waals surface area contributed by atoms with Crippen LogP contribution in [0.15, 0.2) is 23.8 Å². The molecule has 0 bridgehead atoms. The van der Waals surface area contributed by atoms with Crippen LogP contribution in [-0.4, -0.2) is 11.2 Å². The van der Waals surface area contributed by atoms with Crippen molar-refractivity contribution in [3.8, 4) is 0 Å². The number of rotatable bonds is 7. The van der Waals surface area contributed by atoms with Gasteiger partial charge in [0.15, 0.2) is 0 Å². The molecule has 19 heavy (non-hydrogen) atoms. The minimum Gasteiger partial charge on any atom is -0.393 e. The van der Waals surface area contributed by atoms with Crippen LogP contribution in [0.3, 0.4) is 0 Å². The lowest BCUT2D eigenvalue weighted by Crippen LogP contribution is -2.14. The highest BCUT2D eigenvalue weighted by molar-refractivity contribution is 5.07. The maximum Gasteiger partial charge on any atom is 0.0543 e. The number of aliphatic hydroxyl groups is 1. The van der Waals surface area contributed by atoms with Gasteiger partial charge in [0.1, 0.15) is 0 Å². The predicted octanol–water partition coefficient (Wildman–Crippen LogP) is 5.11. The lowest BCUT2D eigenvalue weighted by molar-refractivity contribution is 0.124. The molecule has 1 heteroatoms. The topological polar surface area (TPSA) is 20.2 Å². The molecule has 0 aromatic rings. The maximum atomic E-state index is 9.59. The monoisotopic (exact) mass is 264 g/mol. The van der Waals surface area contributed by atoms with Gasteiger partial charge in [0.05, 0.1) is 6.10 Å². The molecule has 4 atom stereocenters. The Morgan fingerprint density at radius 3 is 2.74 bits per heavy atom. The molecule has 0 radical (unpaired) electrons. The Morgan fingerprint density at radius 1 is 1.42 bits per heavy atom. The van der Waals surface area contributed by atoms with E-state index in [0.717, 1.165) is 24.7 Å². The van der Waals surface area contributed by atoms with Gasteiger partial charge in [0.2, 0.25) is 0 Å². The van der Waals surface area contributed by atoms with E-state index in [2.05, 4.69) is 39.0 Å². The molecule has 1 rings (SSSR count). The molecule has 0 saturated heterocycles. The number of aliphatic hydroxyl groups excluding tert-OH is 1. The molecule has 0 aromatic heterocycles. The Kier molecular flexibility index (Phi) is 7.45. The van der Waals surface area contributed by atoms with Gasteiger partial charge in [-0.05, 0) is 63.7 Å². The van der Waals surface area contributed by atoms with Gasteiger partial charge in [-0.1, -0.05) is 44.1 Å². The van der Waals surface area contributed by atoms with Crippen LogP contribution in [-0.2, 0) is 0 Å². The molecule has 0 amide bonds. The van der Waals surface area contributed by atoms with Crippen LogP contribution >= 0.6 is 0 Å². The van der Waals surface area contributed by atoms with Gasteiger partial charge >= 0.3 is 0 Å². The lowest BCUT2D eigenvalue weighted by atomic mass is 9.81. The minimum atomic E-state index is -0.179. The molecule has 0 aliphatic heterocycles. The van der Waals surface area contributed by atoms with Gasteiger partial charge in [-0.15, -0.1) is 0 Å². The third-order valence-corrected chi connectivity index (χ3v) is 4.79. The van der Waals surface area contributed by atoms with Gasteiger partial charge in [0.25, 0.3) is 0 Å². The normalized spacial score (nSPS) is 27.3. The summed E-state index contributed by atoms with van der Waals surface area (Å²) in [5, 5.41) is 9.59. The van der Waals surface area contributed by atoms with E-state index in [1.807, 2.05) is 6.92 Å². The Labute approximate surface area is 119 Å². The van der Waals surface area contributed by atoms with Crippen LogP contribution in [0, 0.1) is 17.8 Å². The highest BCUT2D eigenvalue weighted by Gasteiger charge is 2.17. The first-order chi connectivity index (χ1) is 9.04. The third kappa shape index (κ3) is 5.95. The second kappa shape index (κ2) is 8.58. The molecule has 0 fully saturated rings. The first-order valence-corrected chi connectivity index (χ1v) is 8.04. The number of hydrogen-bond acceptors (Lipinski definition) is 1. The molecule has 0 aromatic carbocycles. The van der Waals surface area contributed by atoms with E-state index in [9.17, 15) is 5.11 Å². The smallest absolute Gasteiger partial charge is 0.0543 e. The highest BCUT2D eigenvalue weighted by Crippen LogP contribution is 2.31. The number of hydrogen-bond donors (Lipinski definition) is 1. The summed E-state index contributed by atoms with van der Waals surface area (Å²) in [4.78, 5) is 0. The van der Waals surface area contributed by atoms with Gasteiger partial charge in [-0.2, -0.15) is 0 Å². The van der Waals surface area contributed by atoms with Crippen LogP contribution in [0.25, 0.3) is 0 Å². The van der Waals surface area contributed by atoms with E-state index >= 15 is 0 Å². The summed E-state index contributed by atoms with van der Waals surface area (Å²) in [7, 11) is 0. The summed E-state index contributed by atoms with van der Waals surface area (Å²) >= 11 is 0. The molecule has 110 valence electrons. The average Bonchev–Trinajstić information content (AvgIpc) is 2.37. The Balaban J connectivity index is 2.20. The molecule has 0 spiro atoms. The zero-order valence-corrected chi connectivity index (χ0v) is 13.2. The van der Waals surface area contributed by atoms with E-state index in [1.54, 1.807) is 5.57 Å². The molecule has 2 unspecified atom stereocenters. The van der Waals surface area contributed by atoms with Crippen LogP contribution in [0.2, 0.25) is 0 Å². The van der Waals surface area contributed by atoms with Crippen molar-refractivity contribution in [1.29, 1.82) is 0 Å². The average molecular weight is 264 g/mol. The maximum absolute atomic E-state index is 9.59. The largest absolute Gasteiger partial charge is 0.393 e. The first-order valence-electron chi connectivity index (χ1n) is 8.04. The summed E-state index contributed by atoms with van der Waals surface area (Å²) in [6, 6.07) is 0. The van der Waals surface area contributed by atoms with Crippen molar-refractivity contribution in [1.82, 2.24) is 0 Å². The highest BCUT2D eigenvalue weighted by atomic mass is 16.3. The molecular weight excluding hydrogens is 232 g/mol. The summed E-state index contributed by atoms with van der Waals surface area (Å²) in [5.74, 6) is 2.08. The van der Waals surface area contributed by atoms with Crippen molar-refractivity contribution in [3.05, 3.63) is 23.8 Å². The number of allylic oxidation sites excluding steroid dienone is 4. The molecule has 0 heterocycles. The van der Waals surface area contributed by atoms with E-state index in [1.165, 1.54) is 25.7 Å². The van der Waals surface area contributed by atoms with Gasteiger partial charge < -0.3 is 5.11 Å². The fraction of sp³-hybridized carbons (Fsp3) is 0.778. The predicted molar refractivity (Wildman–Crippen MR) is 84.1 cm³/mol. The Morgan fingerprint density at radius 2 is 2.16 bits per heavy atom. The van der Waals surface area contributed by atoms with Crippen molar-refractivity contribution in [2.24, 2.45) is 17.8 Å². The second-order valence-electron chi connectivity index (χ2n) is 6.38. The third-order valence-electron chi connectivity index (χ3n) is 4.79. The minimum absolute atomic E-state index is 0.179.